The Bertz CT molecular complexity index is 259. The first-order valence-corrected chi connectivity index (χ1v) is 4.20. The van der Waals surface area contributed by atoms with Gasteiger partial charge in [-0.15, -0.1) is 0 Å². The molecule has 1 aromatic heterocycles. The van der Waals surface area contributed by atoms with E-state index in [-0.39, 0.29) is 0 Å². The minimum atomic E-state index is 0.410. The van der Waals surface area contributed by atoms with Gasteiger partial charge in [-0.2, -0.15) is 0 Å². The molecule has 4 nitrogen and oxygen atoms in total. The van der Waals surface area contributed by atoms with Gasteiger partial charge in [0, 0.05) is 19.0 Å². The van der Waals surface area contributed by atoms with Crippen molar-refractivity contribution in [3.8, 4) is 0 Å². The monoisotopic (exact) mass is 180 g/mol. The van der Waals surface area contributed by atoms with Crippen molar-refractivity contribution < 1.29 is 9.53 Å². The second kappa shape index (κ2) is 5.37. The molecule has 1 heterocycles. The van der Waals surface area contributed by atoms with Gasteiger partial charge in [0.1, 0.15) is 6.61 Å². The molecule has 0 saturated heterocycles. The number of aldehydes is 1. The van der Waals surface area contributed by atoms with Crippen molar-refractivity contribution in [3.05, 3.63) is 23.8 Å². The molecule has 0 amide bonds. The Hall–Kier alpha value is -1.29. The number of hydrogen-bond acceptors (Lipinski definition) is 4. The van der Waals surface area contributed by atoms with Crippen molar-refractivity contribution in [2.45, 2.75) is 20.0 Å². The number of carbonyl (C=O) groups excluding carboxylic acids is 1. The van der Waals surface area contributed by atoms with E-state index >= 15 is 0 Å². The Morgan fingerprint density at radius 2 is 2.15 bits per heavy atom. The van der Waals surface area contributed by atoms with Crippen molar-refractivity contribution >= 4 is 6.29 Å². The third-order valence-corrected chi connectivity index (χ3v) is 1.44. The lowest BCUT2D eigenvalue weighted by Crippen LogP contribution is -2.00. The molecule has 0 unspecified atom stereocenters. The third-order valence-electron chi connectivity index (χ3n) is 1.44. The number of carbonyl (C=O) groups is 1. The molecule has 0 fully saturated rings. The summed E-state index contributed by atoms with van der Waals surface area (Å²) < 4.78 is 5.23. The molecule has 13 heavy (non-hydrogen) atoms. The maximum Gasteiger partial charge on any atom is 0.153 e. The zero-order valence-corrected chi connectivity index (χ0v) is 7.56. The number of rotatable bonds is 5. The van der Waals surface area contributed by atoms with Crippen LogP contribution in [0.15, 0.2) is 12.4 Å². The normalized spacial score (nSPS) is 9.92. The highest BCUT2D eigenvalue weighted by molar-refractivity contribution is 5.73. The Kier molecular flexibility index (Phi) is 4.05. The summed E-state index contributed by atoms with van der Waals surface area (Å²) in [6.07, 6.45) is 4.68. The molecule has 0 aliphatic rings. The number of nitrogens with zero attached hydrogens (tertiary/aromatic N) is 2. The molecular weight excluding hydrogens is 168 g/mol. The van der Waals surface area contributed by atoms with Gasteiger partial charge in [-0.1, -0.05) is 6.92 Å². The van der Waals surface area contributed by atoms with Crippen LogP contribution in [0.3, 0.4) is 0 Å². The van der Waals surface area contributed by atoms with Crippen LogP contribution in [0.5, 0.6) is 0 Å². The van der Waals surface area contributed by atoms with Crippen LogP contribution in [0.4, 0.5) is 0 Å². The van der Waals surface area contributed by atoms with Gasteiger partial charge in [-0.3, -0.25) is 4.79 Å². The molecule has 4 heteroatoms. The minimum absolute atomic E-state index is 0.410. The van der Waals surface area contributed by atoms with Crippen LogP contribution < -0.4 is 0 Å². The summed E-state index contributed by atoms with van der Waals surface area (Å²) in [6.45, 7) is 3.15. The molecule has 0 atom stereocenters. The van der Waals surface area contributed by atoms with Crippen molar-refractivity contribution in [2.24, 2.45) is 0 Å². The van der Waals surface area contributed by atoms with Crippen molar-refractivity contribution in [1.82, 2.24) is 9.97 Å². The summed E-state index contributed by atoms with van der Waals surface area (Å²) in [5, 5.41) is 0. The molecule has 0 N–H and O–H groups in total. The predicted octanol–water partition coefficient (Wildman–Crippen LogP) is 1.22. The van der Waals surface area contributed by atoms with Crippen molar-refractivity contribution in [2.75, 3.05) is 6.61 Å². The Morgan fingerprint density at radius 1 is 1.46 bits per heavy atom. The van der Waals surface area contributed by atoms with Gasteiger partial charge >= 0.3 is 0 Å². The van der Waals surface area contributed by atoms with Crippen LogP contribution in [0.25, 0.3) is 0 Å². The summed E-state index contributed by atoms with van der Waals surface area (Å²) in [5.41, 5.74) is 0.485. The zero-order valence-electron chi connectivity index (χ0n) is 7.56. The lowest BCUT2D eigenvalue weighted by Gasteiger charge is -2.00. The maximum atomic E-state index is 10.3. The van der Waals surface area contributed by atoms with E-state index in [4.69, 9.17) is 4.74 Å². The quantitative estimate of drug-likeness (QED) is 0.505. The summed E-state index contributed by atoms with van der Waals surface area (Å²) >= 11 is 0. The van der Waals surface area contributed by atoms with Gasteiger partial charge in [-0.05, 0) is 6.42 Å². The average molecular weight is 180 g/mol. The molecule has 0 spiro atoms. The Balaban J connectivity index is 2.44. The van der Waals surface area contributed by atoms with Gasteiger partial charge < -0.3 is 4.74 Å². The van der Waals surface area contributed by atoms with Crippen LogP contribution in [-0.4, -0.2) is 22.9 Å². The van der Waals surface area contributed by atoms with E-state index in [2.05, 4.69) is 9.97 Å². The Labute approximate surface area is 77.0 Å². The van der Waals surface area contributed by atoms with E-state index in [1.165, 1.54) is 12.4 Å². The minimum Gasteiger partial charge on any atom is -0.373 e. The lowest BCUT2D eigenvalue weighted by atomic mass is 10.4. The summed E-state index contributed by atoms with van der Waals surface area (Å²) in [6, 6.07) is 0. The highest BCUT2D eigenvalue weighted by Crippen LogP contribution is 1.95. The lowest BCUT2D eigenvalue weighted by molar-refractivity contribution is 0.111. The molecule has 1 rings (SSSR count). The molecule has 0 saturated carbocycles. The molecule has 0 aliphatic carbocycles. The first-order valence-electron chi connectivity index (χ1n) is 4.20. The van der Waals surface area contributed by atoms with E-state index in [1.54, 1.807) is 0 Å². The topological polar surface area (TPSA) is 52.1 Å². The van der Waals surface area contributed by atoms with E-state index in [0.29, 0.717) is 24.6 Å². The molecule has 1 aromatic rings. The number of aromatic nitrogens is 2. The Morgan fingerprint density at radius 3 is 2.69 bits per heavy atom. The van der Waals surface area contributed by atoms with E-state index in [0.717, 1.165) is 12.7 Å². The van der Waals surface area contributed by atoms with Gasteiger partial charge in [0.25, 0.3) is 0 Å². The molecule has 0 bridgehead atoms. The fourth-order valence-corrected chi connectivity index (χ4v) is 0.808. The van der Waals surface area contributed by atoms with E-state index in [9.17, 15) is 4.79 Å². The SMILES string of the molecule is CCCOCc1ncc(C=O)cn1. The standard InChI is InChI=1S/C9H12N2O2/c1-2-3-13-7-9-10-4-8(6-12)5-11-9/h4-6H,2-3,7H2,1H3. The number of hydrogen-bond donors (Lipinski definition) is 0. The predicted molar refractivity (Wildman–Crippen MR) is 47.4 cm³/mol. The van der Waals surface area contributed by atoms with Crippen LogP contribution in [0, 0.1) is 0 Å². The molecular formula is C9H12N2O2. The largest absolute Gasteiger partial charge is 0.373 e. The van der Waals surface area contributed by atoms with Crippen LogP contribution in [0.2, 0.25) is 0 Å². The second-order valence-electron chi connectivity index (χ2n) is 2.60. The highest BCUT2D eigenvalue weighted by Gasteiger charge is 1.96. The fourth-order valence-electron chi connectivity index (χ4n) is 0.808. The van der Waals surface area contributed by atoms with Gasteiger partial charge in [0.15, 0.2) is 12.1 Å². The summed E-state index contributed by atoms with van der Waals surface area (Å²) in [5.74, 6) is 0.610. The van der Waals surface area contributed by atoms with Crippen molar-refractivity contribution in [3.63, 3.8) is 0 Å². The van der Waals surface area contributed by atoms with Crippen molar-refractivity contribution in [1.29, 1.82) is 0 Å². The van der Waals surface area contributed by atoms with Gasteiger partial charge in [0.2, 0.25) is 0 Å². The van der Waals surface area contributed by atoms with Gasteiger partial charge in [0.05, 0.1) is 5.56 Å². The maximum absolute atomic E-state index is 10.3. The summed E-state index contributed by atoms with van der Waals surface area (Å²) in [7, 11) is 0. The van der Waals surface area contributed by atoms with E-state index < -0.39 is 0 Å². The molecule has 70 valence electrons. The van der Waals surface area contributed by atoms with Crippen LogP contribution >= 0.6 is 0 Å². The molecule has 0 radical (unpaired) electrons. The first-order chi connectivity index (χ1) is 6.36. The van der Waals surface area contributed by atoms with Gasteiger partial charge in [-0.25, -0.2) is 9.97 Å². The van der Waals surface area contributed by atoms with E-state index in [1.807, 2.05) is 6.92 Å². The first kappa shape index (κ1) is 9.80. The fraction of sp³-hybridized carbons (Fsp3) is 0.444. The summed E-state index contributed by atoms with van der Waals surface area (Å²) in [4.78, 5) is 18.2. The van der Waals surface area contributed by atoms with Crippen LogP contribution in [0.1, 0.15) is 29.5 Å². The molecule has 0 aromatic carbocycles. The van der Waals surface area contributed by atoms with Crippen LogP contribution in [-0.2, 0) is 11.3 Å². The number of ether oxygens (including phenoxy) is 1. The molecule has 0 aliphatic heterocycles. The average Bonchev–Trinajstić information content (AvgIpc) is 2.19. The second-order valence-corrected chi connectivity index (χ2v) is 2.60. The highest BCUT2D eigenvalue weighted by atomic mass is 16.5. The smallest absolute Gasteiger partial charge is 0.153 e. The zero-order chi connectivity index (χ0) is 9.52. The third kappa shape index (κ3) is 3.29.